The summed E-state index contributed by atoms with van der Waals surface area (Å²) < 4.78 is 11.4. The third-order valence-corrected chi connectivity index (χ3v) is 5.91. The number of benzene rings is 2. The first-order chi connectivity index (χ1) is 13.0. The van der Waals surface area contributed by atoms with Gasteiger partial charge in [-0.25, -0.2) is 0 Å². The smallest absolute Gasteiger partial charge is 0.118 e. The zero-order valence-corrected chi connectivity index (χ0v) is 17.1. The van der Waals surface area contributed by atoms with Crippen molar-refractivity contribution in [3.8, 4) is 5.75 Å². The molecule has 0 aromatic heterocycles. The van der Waals surface area contributed by atoms with Crippen LogP contribution in [0.2, 0.25) is 0 Å². The van der Waals surface area contributed by atoms with E-state index in [1.807, 2.05) is 12.1 Å². The van der Waals surface area contributed by atoms with Gasteiger partial charge in [0, 0.05) is 13.2 Å². The van der Waals surface area contributed by atoms with Gasteiger partial charge in [0.25, 0.3) is 0 Å². The van der Waals surface area contributed by atoms with Crippen molar-refractivity contribution in [2.24, 2.45) is 5.92 Å². The molecular formula is C24H33NO2. The summed E-state index contributed by atoms with van der Waals surface area (Å²) in [6.45, 7) is 9.38. The highest BCUT2D eigenvalue weighted by Crippen LogP contribution is 2.43. The van der Waals surface area contributed by atoms with Gasteiger partial charge in [0.15, 0.2) is 0 Å². The minimum Gasteiger partial charge on any atom is -0.497 e. The minimum absolute atomic E-state index is 0.0877. The molecule has 0 radical (unpaired) electrons. The van der Waals surface area contributed by atoms with Crippen LogP contribution < -0.4 is 10.1 Å². The molecule has 0 spiro atoms. The van der Waals surface area contributed by atoms with Gasteiger partial charge in [-0.15, -0.1) is 0 Å². The standard InChI is InChI=1S/C24H33NO2/c1-18-5-9-20(10-6-18)22-14-16-27-24(2,3)23(22)13-15-25-17-19-7-11-21(26-4)12-8-19/h5-12,22-23,25H,13-17H2,1-4H3. The molecule has 1 N–H and O–H groups in total. The fourth-order valence-electron chi connectivity index (χ4n) is 4.24. The van der Waals surface area contributed by atoms with E-state index in [-0.39, 0.29) is 5.60 Å². The Morgan fingerprint density at radius 3 is 2.44 bits per heavy atom. The second kappa shape index (κ2) is 8.90. The molecule has 3 nitrogen and oxygen atoms in total. The maximum Gasteiger partial charge on any atom is 0.118 e. The molecular weight excluding hydrogens is 334 g/mol. The van der Waals surface area contributed by atoms with E-state index in [1.165, 1.54) is 16.7 Å². The lowest BCUT2D eigenvalue weighted by Gasteiger charge is -2.44. The number of rotatable bonds is 7. The maximum atomic E-state index is 6.15. The van der Waals surface area contributed by atoms with Crippen molar-refractivity contribution in [1.29, 1.82) is 0 Å². The van der Waals surface area contributed by atoms with E-state index < -0.39 is 0 Å². The summed E-state index contributed by atoms with van der Waals surface area (Å²) >= 11 is 0. The molecule has 0 amide bonds. The Morgan fingerprint density at radius 2 is 1.78 bits per heavy atom. The molecule has 2 atom stereocenters. The van der Waals surface area contributed by atoms with Gasteiger partial charge in [0.05, 0.1) is 12.7 Å². The number of methoxy groups -OCH3 is 1. The van der Waals surface area contributed by atoms with Crippen molar-refractivity contribution >= 4 is 0 Å². The average Bonchev–Trinajstić information content (AvgIpc) is 2.67. The molecule has 3 heteroatoms. The lowest BCUT2D eigenvalue weighted by atomic mass is 9.71. The average molecular weight is 368 g/mol. The van der Waals surface area contributed by atoms with Crippen molar-refractivity contribution in [1.82, 2.24) is 5.32 Å². The van der Waals surface area contributed by atoms with Crippen LogP contribution in [0.15, 0.2) is 48.5 Å². The van der Waals surface area contributed by atoms with E-state index in [2.05, 4.69) is 62.5 Å². The van der Waals surface area contributed by atoms with E-state index in [0.29, 0.717) is 11.8 Å². The fraction of sp³-hybridized carbons (Fsp3) is 0.500. The molecule has 2 aromatic carbocycles. The monoisotopic (exact) mass is 367 g/mol. The van der Waals surface area contributed by atoms with Crippen molar-refractivity contribution in [3.63, 3.8) is 0 Å². The molecule has 1 fully saturated rings. The van der Waals surface area contributed by atoms with Gasteiger partial charge >= 0.3 is 0 Å². The van der Waals surface area contributed by atoms with Crippen LogP contribution in [0.4, 0.5) is 0 Å². The van der Waals surface area contributed by atoms with E-state index in [1.54, 1.807) is 7.11 Å². The third-order valence-electron chi connectivity index (χ3n) is 5.91. The zero-order chi connectivity index (χ0) is 19.3. The van der Waals surface area contributed by atoms with Crippen molar-refractivity contribution < 1.29 is 9.47 Å². The molecule has 1 aliphatic rings. The van der Waals surface area contributed by atoms with Crippen LogP contribution in [0.3, 0.4) is 0 Å². The molecule has 27 heavy (non-hydrogen) atoms. The minimum atomic E-state index is -0.0877. The second-order valence-electron chi connectivity index (χ2n) is 8.18. The predicted octanol–water partition coefficient (Wildman–Crippen LogP) is 5.08. The van der Waals surface area contributed by atoms with Crippen LogP contribution in [0.1, 0.15) is 49.3 Å². The van der Waals surface area contributed by atoms with Crippen LogP contribution >= 0.6 is 0 Å². The van der Waals surface area contributed by atoms with Gasteiger partial charge in [-0.3, -0.25) is 0 Å². The molecule has 146 valence electrons. The number of ether oxygens (including phenoxy) is 2. The predicted molar refractivity (Wildman–Crippen MR) is 111 cm³/mol. The molecule has 0 bridgehead atoms. The first-order valence-electron chi connectivity index (χ1n) is 10.0. The van der Waals surface area contributed by atoms with Crippen molar-refractivity contribution in [2.75, 3.05) is 20.3 Å². The molecule has 1 saturated heterocycles. The molecule has 2 aromatic rings. The van der Waals surface area contributed by atoms with Crippen molar-refractivity contribution in [3.05, 3.63) is 65.2 Å². The zero-order valence-electron chi connectivity index (χ0n) is 17.1. The van der Waals surface area contributed by atoms with E-state index in [4.69, 9.17) is 9.47 Å². The normalized spacial score (nSPS) is 21.8. The SMILES string of the molecule is COc1ccc(CNCCC2C(c3ccc(C)cc3)CCOC2(C)C)cc1. The summed E-state index contributed by atoms with van der Waals surface area (Å²) in [4.78, 5) is 0. The highest BCUT2D eigenvalue weighted by Gasteiger charge is 2.40. The number of hydrogen-bond donors (Lipinski definition) is 1. The number of aryl methyl sites for hydroxylation is 1. The Balaban J connectivity index is 1.59. The summed E-state index contributed by atoms with van der Waals surface area (Å²) in [6.07, 6.45) is 2.22. The Labute approximate surface area is 164 Å². The first kappa shape index (κ1) is 19.9. The molecule has 3 rings (SSSR count). The molecule has 2 unspecified atom stereocenters. The Kier molecular flexibility index (Phi) is 6.56. The Hall–Kier alpha value is -1.84. The van der Waals surface area contributed by atoms with Gasteiger partial charge in [-0.2, -0.15) is 0 Å². The van der Waals surface area contributed by atoms with Crippen LogP contribution in [0.5, 0.6) is 5.75 Å². The Morgan fingerprint density at radius 1 is 1.07 bits per heavy atom. The highest BCUT2D eigenvalue weighted by atomic mass is 16.5. The largest absolute Gasteiger partial charge is 0.497 e. The van der Waals surface area contributed by atoms with E-state index >= 15 is 0 Å². The van der Waals surface area contributed by atoms with Gasteiger partial charge in [0.2, 0.25) is 0 Å². The quantitative estimate of drug-likeness (QED) is 0.692. The molecule has 1 aliphatic heterocycles. The highest BCUT2D eigenvalue weighted by molar-refractivity contribution is 5.27. The topological polar surface area (TPSA) is 30.5 Å². The molecule has 0 saturated carbocycles. The lowest BCUT2D eigenvalue weighted by molar-refractivity contribution is -0.105. The van der Waals surface area contributed by atoms with Gasteiger partial charge < -0.3 is 14.8 Å². The fourth-order valence-corrected chi connectivity index (χ4v) is 4.24. The molecule has 1 heterocycles. The van der Waals surface area contributed by atoms with Crippen LogP contribution in [-0.2, 0) is 11.3 Å². The summed E-state index contributed by atoms with van der Waals surface area (Å²) in [7, 11) is 1.70. The first-order valence-corrected chi connectivity index (χ1v) is 10.0. The summed E-state index contributed by atoms with van der Waals surface area (Å²) in [5, 5.41) is 3.61. The second-order valence-corrected chi connectivity index (χ2v) is 8.18. The van der Waals surface area contributed by atoms with Crippen molar-refractivity contribution in [2.45, 2.75) is 51.7 Å². The number of hydrogen-bond acceptors (Lipinski definition) is 3. The maximum absolute atomic E-state index is 6.15. The summed E-state index contributed by atoms with van der Waals surface area (Å²) in [5.41, 5.74) is 3.97. The Bertz CT molecular complexity index is 706. The van der Waals surface area contributed by atoms with Gasteiger partial charge in [0.1, 0.15) is 5.75 Å². The molecule has 0 aliphatic carbocycles. The van der Waals surface area contributed by atoms with Crippen LogP contribution in [-0.4, -0.2) is 25.9 Å². The number of nitrogens with one attached hydrogen (secondary N) is 1. The third kappa shape index (κ3) is 5.12. The van der Waals surface area contributed by atoms with E-state index in [0.717, 1.165) is 38.3 Å². The lowest BCUT2D eigenvalue weighted by Crippen LogP contribution is -2.44. The van der Waals surface area contributed by atoms with Crippen LogP contribution in [0.25, 0.3) is 0 Å². The summed E-state index contributed by atoms with van der Waals surface area (Å²) in [6, 6.07) is 17.3. The van der Waals surface area contributed by atoms with Crippen LogP contribution in [0, 0.1) is 12.8 Å². The van der Waals surface area contributed by atoms with Gasteiger partial charge in [-0.05, 0) is 75.3 Å². The van der Waals surface area contributed by atoms with E-state index in [9.17, 15) is 0 Å². The summed E-state index contributed by atoms with van der Waals surface area (Å²) in [5.74, 6) is 1.98. The van der Waals surface area contributed by atoms with Gasteiger partial charge in [-0.1, -0.05) is 42.0 Å².